The summed E-state index contributed by atoms with van der Waals surface area (Å²) in [6.07, 6.45) is 0. The van der Waals surface area contributed by atoms with Gasteiger partial charge in [-0.25, -0.2) is 8.42 Å². The van der Waals surface area contributed by atoms with Crippen molar-refractivity contribution in [2.45, 2.75) is 18.7 Å². The van der Waals surface area contributed by atoms with Gasteiger partial charge < -0.3 is 5.73 Å². The van der Waals surface area contributed by atoms with Gasteiger partial charge in [0.2, 0.25) is 0 Å². The smallest absolute Gasteiger partial charge is 0.261 e. The molecule has 0 aliphatic heterocycles. The Hall–Kier alpha value is -1.53. The van der Waals surface area contributed by atoms with Crippen LogP contribution in [-0.2, 0) is 10.0 Å². The Labute approximate surface area is 127 Å². The molecule has 0 atom stereocenters. The van der Waals surface area contributed by atoms with E-state index in [2.05, 4.69) is 20.7 Å². The molecule has 0 aliphatic carbocycles. The van der Waals surface area contributed by atoms with E-state index in [-0.39, 0.29) is 4.90 Å². The van der Waals surface area contributed by atoms with Crippen molar-refractivity contribution in [2.24, 2.45) is 0 Å². The van der Waals surface area contributed by atoms with Crippen LogP contribution in [0.3, 0.4) is 0 Å². The van der Waals surface area contributed by atoms with Crippen LogP contribution in [0.1, 0.15) is 11.1 Å². The summed E-state index contributed by atoms with van der Waals surface area (Å²) >= 11 is 3.27. The Morgan fingerprint density at radius 3 is 2.25 bits per heavy atom. The van der Waals surface area contributed by atoms with E-state index in [1.807, 2.05) is 19.9 Å². The summed E-state index contributed by atoms with van der Waals surface area (Å²) in [6.45, 7) is 3.74. The number of anilines is 2. The SMILES string of the molecule is Cc1cc(C)c(NS(=O)(=O)c2ccc(Br)cc2)c(N)c1. The summed E-state index contributed by atoms with van der Waals surface area (Å²) in [4.78, 5) is 0.195. The van der Waals surface area contributed by atoms with Gasteiger partial charge in [0.25, 0.3) is 10.0 Å². The average Bonchev–Trinajstić information content (AvgIpc) is 2.34. The lowest BCUT2D eigenvalue weighted by Gasteiger charge is -2.14. The number of halogens is 1. The van der Waals surface area contributed by atoms with E-state index in [9.17, 15) is 8.42 Å². The molecule has 2 aromatic rings. The maximum absolute atomic E-state index is 12.3. The first kappa shape index (κ1) is 14.9. The number of nitrogen functional groups attached to an aromatic ring is 1. The van der Waals surface area contributed by atoms with E-state index in [0.29, 0.717) is 11.4 Å². The lowest BCUT2D eigenvalue weighted by Crippen LogP contribution is -2.15. The highest BCUT2D eigenvalue weighted by molar-refractivity contribution is 9.10. The predicted molar refractivity (Wildman–Crippen MR) is 85.3 cm³/mol. The Balaban J connectivity index is 2.41. The van der Waals surface area contributed by atoms with Crippen molar-refractivity contribution in [3.05, 3.63) is 52.0 Å². The number of rotatable bonds is 3. The number of aryl methyl sites for hydroxylation is 2. The van der Waals surface area contributed by atoms with Crippen molar-refractivity contribution >= 4 is 37.3 Å². The van der Waals surface area contributed by atoms with Gasteiger partial charge in [-0.05, 0) is 55.3 Å². The molecular formula is C14H15BrN2O2S. The Morgan fingerprint density at radius 1 is 1.10 bits per heavy atom. The van der Waals surface area contributed by atoms with Crippen molar-refractivity contribution in [3.63, 3.8) is 0 Å². The zero-order valence-electron chi connectivity index (χ0n) is 11.1. The van der Waals surface area contributed by atoms with Gasteiger partial charge in [0.15, 0.2) is 0 Å². The fourth-order valence-corrected chi connectivity index (χ4v) is 3.37. The molecule has 2 rings (SSSR count). The summed E-state index contributed by atoms with van der Waals surface area (Å²) in [5.74, 6) is 0. The molecule has 0 spiro atoms. The molecule has 2 aromatic carbocycles. The van der Waals surface area contributed by atoms with E-state index in [1.165, 1.54) is 12.1 Å². The van der Waals surface area contributed by atoms with Gasteiger partial charge in [-0.15, -0.1) is 0 Å². The van der Waals surface area contributed by atoms with Crippen molar-refractivity contribution in [1.29, 1.82) is 0 Å². The monoisotopic (exact) mass is 354 g/mol. The highest BCUT2D eigenvalue weighted by Gasteiger charge is 2.16. The van der Waals surface area contributed by atoms with Crippen LogP contribution in [0.2, 0.25) is 0 Å². The van der Waals surface area contributed by atoms with Crippen molar-refractivity contribution in [2.75, 3.05) is 10.5 Å². The minimum atomic E-state index is -3.64. The molecule has 0 saturated heterocycles. The molecule has 0 amide bonds. The van der Waals surface area contributed by atoms with Crippen LogP contribution >= 0.6 is 15.9 Å². The molecule has 20 heavy (non-hydrogen) atoms. The molecule has 3 N–H and O–H groups in total. The number of hydrogen-bond acceptors (Lipinski definition) is 3. The predicted octanol–water partition coefficient (Wildman–Crippen LogP) is 3.45. The fourth-order valence-electron chi connectivity index (χ4n) is 1.95. The number of benzene rings is 2. The van der Waals surface area contributed by atoms with Crippen LogP contribution in [0.15, 0.2) is 45.8 Å². The van der Waals surface area contributed by atoms with Gasteiger partial charge in [-0.2, -0.15) is 0 Å². The van der Waals surface area contributed by atoms with Gasteiger partial charge in [0.1, 0.15) is 0 Å². The van der Waals surface area contributed by atoms with Crippen molar-refractivity contribution in [3.8, 4) is 0 Å². The molecular weight excluding hydrogens is 340 g/mol. The first-order valence-electron chi connectivity index (χ1n) is 5.95. The maximum Gasteiger partial charge on any atom is 0.261 e. The van der Waals surface area contributed by atoms with Crippen LogP contribution in [-0.4, -0.2) is 8.42 Å². The number of hydrogen-bond donors (Lipinski definition) is 2. The number of nitrogens with two attached hydrogens (primary N) is 1. The van der Waals surface area contributed by atoms with E-state index < -0.39 is 10.0 Å². The van der Waals surface area contributed by atoms with Crippen LogP contribution in [0.5, 0.6) is 0 Å². The molecule has 106 valence electrons. The van der Waals surface area contributed by atoms with E-state index in [0.717, 1.165) is 15.6 Å². The second-order valence-electron chi connectivity index (χ2n) is 4.61. The first-order chi connectivity index (χ1) is 9.29. The van der Waals surface area contributed by atoms with Crippen LogP contribution in [0.4, 0.5) is 11.4 Å². The number of nitrogens with one attached hydrogen (secondary N) is 1. The third-order valence-electron chi connectivity index (χ3n) is 2.87. The molecule has 0 radical (unpaired) electrons. The lowest BCUT2D eigenvalue weighted by molar-refractivity contribution is 0.601. The minimum Gasteiger partial charge on any atom is -0.397 e. The standard InChI is InChI=1S/C14H15BrN2O2S/c1-9-7-10(2)14(13(16)8-9)17-20(18,19)12-5-3-11(15)4-6-12/h3-8,17H,16H2,1-2H3. The van der Waals surface area contributed by atoms with Gasteiger partial charge in [0, 0.05) is 4.47 Å². The molecule has 0 aliphatic rings. The van der Waals surface area contributed by atoms with Crippen molar-refractivity contribution in [1.82, 2.24) is 0 Å². The normalized spacial score (nSPS) is 11.3. The summed E-state index contributed by atoms with van der Waals surface area (Å²) in [6, 6.07) is 10.1. The Bertz CT molecular complexity index is 717. The molecule has 0 unspecified atom stereocenters. The molecule has 6 heteroatoms. The van der Waals surface area contributed by atoms with Crippen LogP contribution in [0, 0.1) is 13.8 Å². The van der Waals surface area contributed by atoms with E-state index in [1.54, 1.807) is 18.2 Å². The highest BCUT2D eigenvalue weighted by atomic mass is 79.9. The van der Waals surface area contributed by atoms with Crippen LogP contribution in [0.25, 0.3) is 0 Å². The summed E-state index contributed by atoms with van der Waals surface area (Å²) in [5, 5.41) is 0. The van der Waals surface area contributed by atoms with Crippen LogP contribution < -0.4 is 10.5 Å². The third kappa shape index (κ3) is 3.13. The first-order valence-corrected chi connectivity index (χ1v) is 8.22. The molecule has 0 saturated carbocycles. The zero-order valence-corrected chi connectivity index (χ0v) is 13.5. The third-order valence-corrected chi connectivity index (χ3v) is 4.77. The second-order valence-corrected chi connectivity index (χ2v) is 7.20. The topological polar surface area (TPSA) is 72.2 Å². The van der Waals surface area contributed by atoms with E-state index in [4.69, 9.17) is 5.73 Å². The number of sulfonamides is 1. The quantitative estimate of drug-likeness (QED) is 0.829. The van der Waals surface area contributed by atoms with Crippen molar-refractivity contribution < 1.29 is 8.42 Å². The molecule has 4 nitrogen and oxygen atoms in total. The molecule has 0 aromatic heterocycles. The minimum absolute atomic E-state index is 0.195. The summed E-state index contributed by atoms with van der Waals surface area (Å²) in [7, 11) is -3.64. The molecule has 0 heterocycles. The molecule has 0 fully saturated rings. The largest absolute Gasteiger partial charge is 0.397 e. The highest BCUT2D eigenvalue weighted by Crippen LogP contribution is 2.27. The maximum atomic E-state index is 12.3. The van der Waals surface area contributed by atoms with E-state index >= 15 is 0 Å². The second kappa shape index (κ2) is 5.46. The Morgan fingerprint density at radius 2 is 1.70 bits per heavy atom. The lowest BCUT2D eigenvalue weighted by atomic mass is 10.1. The molecule has 0 bridgehead atoms. The van der Waals surface area contributed by atoms with Gasteiger partial charge in [-0.3, -0.25) is 4.72 Å². The summed E-state index contributed by atoms with van der Waals surface area (Å²) < 4.78 is 28.0. The van der Waals surface area contributed by atoms with Gasteiger partial charge >= 0.3 is 0 Å². The average molecular weight is 355 g/mol. The summed E-state index contributed by atoms with van der Waals surface area (Å²) in [5.41, 5.74) is 8.53. The Kier molecular flexibility index (Phi) is 4.06. The van der Waals surface area contributed by atoms with Gasteiger partial charge in [0.05, 0.1) is 16.3 Å². The fraction of sp³-hybridized carbons (Fsp3) is 0.143. The van der Waals surface area contributed by atoms with Gasteiger partial charge in [-0.1, -0.05) is 22.0 Å². The zero-order chi connectivity index (χ0) is 14.9.